The number of amides is 1. The fourth-order valence-electron chi connectivity index (χ4n) is 3.40. The van der Waals surface area contributed by atoms with Gasteiger partial charge >= 0.3 is 0 Å². The first-order valence-corrected chi connectivity index (χ1v) is 10.1. The van der Waals surface area contributed by atoms with E-state index in [0.717, 1.165) is 16.9 Å². The minimum Gasteiger partial charge on any atom is -0.488 e. The Balaban J connectivity index is 1.46. The molecule has 2 heterocycles. The van der Waals surface area contributed by atoms with E-state index in [1.807, 2.05) is 32.0 Å². The van der Waals surface area contributed by atoms with E-state index in [1.54, 1.807) is 42.1 Å². The van der Waals surface area contributed by atoms with E-state index < -0.39 is 5.91 Å². The Morgan fingerprint density at radius 1 is 1.09 bits per heavy atom. The standard InChI is InChI=1S/C24H23FN4O3/c1-15-7-6-8-16(2)23(15)31-14-19-17(3)32-28-22(19)24(30)26-21-11-12-29(27-21)13-18-9-4-5-10-20(18)25/h4-12H,13-14H2,1-3H3,(H,26,27,30). The molecule has 2 aromatic heterocycles. The SMILES string of the molecule is Cc1cccc(C)c1OCc1c(C(=O)Nc2ccn(Cc3ccccc3F)n2)noc1C. The Hall–Kier alpha value is -3.94. The van der Waals surface area contributed by atoms with Crippen molar-refractivity contribution in [1.82, 2.24) is 14.9 Å². The molecule has 7 nitrogen and oxygen atoms in total. The van der Waals surface area contributed by atoms with Gasteiger partial charge in [0.15, 0.2) is 11.5 Å². The minimum absolute atomic E-state index is 0.136. The van der Waals surface area contributed by atoms with Crippen molar-refractivity contribution in [2.24, 2.45) is 0 Å². The summed E-state index contributed by atoms with van der Waals surface area (Å²) in [7, 11) is 0. The van der Waals surface area contributed by atoms with Crippen LogP contribution < -0.4 is 10.1 Å². The van der Waals surface area contributed by atoms with Gasteiger partial charge in [-0.2, -0.15) is 5.10 Å². The summed E-state index contributed by atoms with van der Waals surface area (Å²) in [4.78, 5) is 12.8. The average Bonchev–Trinajstić information content (AvgIpc) is 3.35. The average molecular weight is 434 g/mol. The minimum atomic E-state index is -0.460. The highest BCUT2D eigenvalue weighted by Crippen LogP contribution is 2.25. The van der Waals surface area contributed by atoms with Crippen LogP contribution in [0.1, 0.15) is 38.5 Å². The number of carbonyl (C=O) groups excluding carboxylic acids is 1. The van der Waals surface area contributed by atoms with Crippen LogP contribution in [0.25, 0.3) is 0 Å². The zero-order valence-corrected chi connectivity index (χ0v) is 18.1. The number of nitrogens with zero attached hydrogens (tertiary/aromatic N) is 3. The molecule has 0 saturated heterocycles. The molecule has 0 spiro atoms. The van der Waals surface area contributed by atoms with Crippen molar-refractivity contribution < 1.29 is 18.4 Å². The largest absolute Gasteiger partial charge is 0.488 e. The maximum Gasteiger partial charge on any atom is 0.279 e. The maximum atomic E-state index is 13.9. The van der Waals surface area contributed by atoms with E-state index in [0.29, 0.717) is 22.7 Å². The first-order chi connectivity index (χ1) is 15.4. The van der Waals surface area contributed by atoms with Crippen LogP contribution in [0.2, 0.25) is 0 Å². The second kappa shape index (κ2) is 9.05. The number of aromatic nitrogens is 3. The normalized spacial score (nSPS) is 10.9. The van der Waals surface area contributed by atoms with E-state index in [1.165, 1.54) is 6.07 Å². The monoisotopic (exact) mass is 434 g/mol. The van der Waals surface area contributed by atoms with E-state index >= 15 is 0 Å². The zero-order chi connectivity index (χ0) is 22.7. The first-order valence-electron chi connectivity index (χ1n) is 10.1. The predicted molar refractivity (Wildman–Crippen MR) is 117 cm³/mol. The fraction of sp³-hybridized carbons (Fsp3) is 0.208. The van der Waals surface area contributed by atoms with E-state index in [-0.39, 0.29) is 24.7 Å². The smallest absolute Gasteiger partial charge is 0.279 e. The number of benzene rings is 2. The number of aryl methyl sites for hydroxylation is 3. The number of halogens is 1. The molecule has 0 fully saturated rings. The van der Waals surface area contributed by atoms with Crippen molar-refractivity contribution in [2.75, 3.05) is 5.32 Å². The van der Waals surface area contributed by atoms with Crippen molar-refractivity contribution in [2.45, 2.75) is 33.9 Å². The van der Waals surface area contributed by atoms with E-state index in [4.69, 9.17) is 9.26 Å². The summed E-state index contributed by atoms with van der Waals surface area (Å²) in [6, 6.07) is 14.0. The molecule has 0 atom stereocenters. The van der Waals surface area contributed by atoms with Crippen LogP contribution in [0, 0.1) is 26.6 Å². The van der Waals surface area contributed by atoms with Gasteiger partial charge in [0.2, 0.25) is 0 Å². The van der Waals surface area contributed by atoms with Gasteiger partial charge in [-0.25, -0.2) is 4.39 Å². The number of para-hydroxylation sites is 1. The summed E-state index contributed by atoms with van der Waals surface area (Å²) < 4.78 is 26.6. The Bertz CT molecular complexity index is 1240. The highest BCUT2D eigenvalue weighted by molar-refractivity contribution is 6.03. The molecule has 0 unspecified atom stereocenters. The van der Waals surface area contributed by atoms with Gasteiger partial charge in [-0.05, 0) is 38.0 Å². The first kappa shape index (κ1) is 21.3. The molecule has 32 heavy (non-hydrogen) atoms. The zero-order valence-electron chi connectivity index (χ0n) is 18.1. The Morgan fingerprint density at radius 3 is 2.59 bits per heavy atom. The van der Waals surface area contributed by atoms with Crippen LogP contribution in [-0.2, 0) is 13.2 Å². The third-order valence-electron chi connectivity index (χ3n) is 5.14. The van der Waals surface area contributed by atoms with Crippen LogP contribution in [0.3, 0.4) is 0 Å². The predicted octanol–water partition coefficient (Wildman–Crippen LogP) is 4.82. The number of hydrogen-bond donors (Lipinski definition) is 1. The van der Waals surface area contributed by atoms with Crippen LogP contribution >= 0.6 is 0 Å². The van der Waals surface area contributed by atoms with Crippen molar-refractivity contribution >= 4 is 11.7 Å². The second-order valence-corrected chi connectivity index (χ2v) is 7.52. The molecule has 2 aromatic carbocycles. The Morgan fingerprint density at radius 2 is 1.84 bits per heavy atom. The van der Waals surface area contributed by atoms with Crippen LogP contribution in [0.5, 0.6) is 5.75 Å². The molecule has 0 saturated carbocycles. The maximum absolute atomic E-state index is 13.9. The summed E-state index contributed by atoms with van der Waals surface area (Å²) >= 11 is 0. The lowest BCUT2D eigenvalue weighted by Gasteiger charge is -2.12. The lowest BCUT2D eigenvalue weighted by Crippen LogP contribution is -2.16. The van der Waals surface area contributed by atoms with Gasteiger partial charge in [-0.3, -0.25) is 9.48 Å². The third-order valence-corrected chi connectivity index (χ3v) is 5.14. The number of hydrogen-bond acceptors (Lipinski definition) is 5. The van der Waals surface area contributed by atoms with Gasteiger partial charge in [0.05, 0.1) is 12.1 Å². The molecule has 0 bridgehead atoms. The molecule has 4 aromatic rings. The quantitative estimate of drug-likeness (QED) is 0.451. The lowest BCUT2D eigenvalue weighted by atomic mass is 10.1. The second-order valence-electron chi connectivity index (χ2n) is 7.52. The molecule has 0 aliphatic carbocycles. The van der Waals surface area contributed by atoms with Crippen LogP contribution in [0.15, 0.2) is 59.3 Å². The summed E-state index contributed by atoms with van der Waals surface area (Å²) in [5.74, 6) is 0.838. The number of rotatable bonds is 7. The van der Waals surface area contributed by atoms with Gasteiger partial charge in [0, 0.05) is 17.8 Å². The Kier molecular flexibility index (Phi) is 6.02. The molecule has 1 amide bonds. The molecule has 1 N–H and O–H groups in total. The number of ether oxygens (including phenoxy) is 1. The van der Waals surface area contributed by atoms with Gasteiger partial charge in [-0.1, -0.05) is 41.6 Å². The summed E-state index contributed by atoms with van der Waals surface area (Å²) in [5.41, 5.74) is 3.22. The molecule has 164 valence electrons. The summed E-state index contributed by atoms with van der Waals surface area (Å²) in [5, 5.41) is 10.9. The van der Waals surface area contributed by atoms with Crippen LogP contribution in [0.4, 0.5) is 10.2 Å². The fourth-order valence-corrected chi connectivity index (χ4v) is 3.40. The Labute approximate surface area is 184 Å². The molecule has 0 radical (unpaired) electrons. The van der Waals surface area contributed by atoms with Crippen molar-refractivity contribution in [3.05, 3.63) is 94.3 Å². The van der Waals surface area contributed by atoms with E-state index in [2.05, 4.69) is 15.6 Å². The third kappa shape index (κ3) is 4.54. The highest BCUT2D eigenvalue weighted by Gasteiger charge is 2.21. The number of anilines is 1. The molecule has 8 heteroatoms. The molecule has 4 rings (SSSR count). The number of carbonyl (C=O) groups is 1. The van der Waals surface area contributed by atoms with Gasteiger partial charge in [0.1, 0.15) is 23.9 Å². The van der Waals surface area contributed by atoms with Crippen molar-refractivity contribution in [3.63, 3.8) is 0 Å². The van der Waals surface area contributed by atoms with Gasteiger partial charge in [-0.15, -0.1) is 0 Å². The molecular formula is C24H23FN4O3. The van der Waals surface area contributed by atoms with Gasteiger partial charge < -0.3 is 14.6 Å². The molecule has 0 aliphatic heterocycles. The highest BCUT2D eigenvalue weighted by atomic mass is 19.1. The number of nitrogens with one attached hydrogen (secondary N) is 1. The van der Waals surface area contributed by atoms with Crippen molar-refractivity contribution in [3.8, 4) is 5.75 Å². The summed E-state index contributed by atoms with van der Waals surface area (Å²) in [6.07, 6.45) is 1.67. The molecular weight excluding hydrogens is 411 g/mol. The summed E-state index contributed by atoms with van der Waals surface area (Å²) in [6.45, 7) is 6.06. The lowest BCUT2D eigenvalue weighted by molar-refractivity contribution is 0.101. The molecule has 0 aliphatic rings. The van der Waals surface area contributed by atoms with Crippen molar-refractivity contribution in [1.29, 1.82) is 0 Å². The topological polar surface area (TPSA) is 82.2 Å². The van der Waals surface area contributed by atoms with Gasteiger partial charge in [0.25, 0.3) is 5.91 Å². The van der Waals surface area contributed by atoms with E-state index in [9.17, 15) is 9.18 Å². The van der Waals surface area contributed by atoms with Crippen LogP contribution in [-0.4, -0.2) is 20.8 Å².